The molecule has 10 heteroatoms. The Labute approximate surface area is 220 Å². The molecule has 2 aromatic heterocycles. The number of nitrogens with zero attached hydrogens (tertiary/aromatic N) is 4. The van der Waals surface area contributed by atoms with Gasteiger partial charge in [-0.05, 0) is 66.1 Å². The van der Waals surface area contributed by atoms with Crippen LogP contribution in [0.15, 0.2) is 85.2 Å². The molecule has 0 aliphatic rings. The SMILES string of the molecule is Cc1cccc(-n2cc(Cc3cc(-c4cc(C(F)(F)F)nn4-c4ccccc4Cl)ccc3C(=O)O)cn2)c1. The highest BCUT2D eigenvalue weighted by atomic mass is 35.5. The number of aromatic carboxylic acids is 1. The van der Waals surface area contributed by atoms with Crippen molar-refractivity contribution in [2.24, 2.45) is 0 Å². The second-order valence-corrected chi connectivity index (χ2v) is 9.17. The Kier molecular flexibility index (Phi) is 6.54. The van der Waals surface area contributed by atoms with Crippen molar-refractivity contribution < 1.29 is 23.1 Å². The van der Waals surface area contributed by atoms with Gasteiger partial charge < -0.3 is 5.11 Å². The predicted octanol–water partition coefficient (Wildman–Crippen LogP) is 6.99. The number of carboxylic acid groups (broad SMARTS) is 1. The molecule has 0 spiro atoms. The molecule has 0 radical (unpaired) electrons. The molecular weight excluding hydrogens is 517 g/mol. The number of rotatable bonds is 6. The molecule has 38 heavy (non-hydrogen) atoms. The molecule has 3 aromatic carbocycles. The van der Waals surface area contributed by atoms with Crippen molar-refractivity contribution >= 4 is 17.6 Å². The summed E-state index contributed by atoms with van der Waals surface area (Å²) in [6, 6.07) is 19.5. The number of carboxylic acids is 1. The number of halogens is 4. The van der Waals surface area contributed by atoms with Crippen LogP contribution in [0.2, 0.25) is 5.02 Å². The van der Waals surface area contributed by atoms with E-state index < -0.39 is 17.8 Å². The van der Waals surface area contributed by atoms with Gasteiger partial charge in [-0.15, -0.1) is 0 Å². The number of hydrogen-bond acceptors (Lipinski definition) is 3. The number of aryl methyl sites for hydroxylation is 1. The predicted molar refractivity (Wildman–Crippen MR) is 137 cm³/mol. The average molecular weight is 537 g/mol. The number of benzene rings is 3. The normalized spacial score (nSPS) is 11.6. The van der Waals surface area contributed by atoms with Crippen LogP contribution in [0.5, 0.6) is 0 Å². The van der Waals surface area contributed by atoms with E-state index in [-0.39, 0.29) is 28.4 Å². The van der Waals surface area contributed by atoms with E-state index in [0.29, 0.717) is 11.1 Å². The van der Waals surface area contributed by atoms with E-state index in [9.17, 15) is 23.1 Å². The van der Waals surface area contributed by atoms with Crippen molar-refractivity contribution in [3.8, 4) is 22.6 Å². The van der Waals surface area contributed by atoms with Gasteiger partial charge in [0.2, 0.25) is 0 Å². The zero-order valence-electron chi connectivity index (χ0n) is 19.9. The third-order valence-corrected chi connectivity index (χ3v) is 6.33. The molecule has 0 aliphatic carbocycles. The Morgan fingerprint density at radius 1 is 1.03 bits per heavy atom. The van der Waals surface area contributed by atoms with E-state index in [4.69, 9.17) is 11.6 Å². The first-order valence-corrected chi connectivity index (χ1v) is 11.9. The summed E-state index contributed by atoms with van der Waals surface area (Å²) in [6.45, 7) is 1.97. The molecule has 5 rings (SSSR count). The zero-order valence-corrected chi connectivity index (χ0v) is 20.7. The molecule has 5 aromatic rings. The van der Waals surface area contributed by atoms with E-state index in [1.165, 1.54) is 12.1 Å². The number of aromatic nitrogens is 4. The minimum atomic E-state index is -4.69. The smallest absolute Gasteiger partial charge is 0.435 e. The molecule has 0 atom stereocenters. The summed E-state index contributed by atoms with van der Waals surface area (Å²) < 4.78 is 43.7. The Morgan fingerprint density at radius 2 is 1.82 bits per heavy atom. The number of para-hydroxylation sites is 1. The molecule has 0 unspecified atom stereocenters. The monoisotopic (exact) mass is 536 g/mol. The molecule has 0 saturated carbocycles. The summed E-state index contributed by atoms with van der Waals surface area (Å²) in [4.78, 5) is 12.0. The Morgan fingerprint density at radius 3 is 2.53 bits per heavy atom. The molecule has 192 valence electrons. The fourth-order valence-corrected chi connectivity index (χ4v) is 4.44. The minimum Gasteiger partial charge on any atom is -0.478 e. The van der Waals surface area contributed by atoms with Gasteiger partial charge in [0.1, 0.15) is 0 Å². The summed E-state index contributed by atoms with van der Waals surface area (Å²) in [5, 5.41) is 18.2. The van der Waals surface area contributed by atoms with Gasteiger partial charge >= 0.3 is 12.1 Å². The highest BCUT2D eigenvalue weighted by Crippen LogP contribution is 2.35. The maximum absolute atomic E-state index is 13.6. The third-order valence-electron chi connectivity index (χ3n) is 6.01. The van der Waals surface area contributed by atoms with Gasteiger partial charge in [-0.25, -0.2) is 14.2 Å². The van der Waals surface area contributed by atoms with Crippen molar-refractivity contribution in [2.45, 2.75) is 19.5 Å². The highest BCUT2D eigenvalue weighted by molar-refractivity contribution is 6.32. The quantitative estimate of drug-likeness (QED) is 0.254. The first-order chi connectivity index (χ1) is 18.1. The molecular formula is C28H20ClF3N4O2. The van der Waals surface area contributed by atoms with Crippen LogP contribution in [0.4, 0.5) is 13.2 Å². The lowest BCUT2D eigenvalue weighted by molar-refractivity contribution is -0.141. The van der Waals surface area contributed by atoms with Crippen LogP contribution in [0.3, 0.4) is 0 Å². The lowest BCUT2D eigenvalue weighted by Gasteiger charge is -2.12. The van der Waals surface area contributed by atoms with E-state index in [1.807, 2.05) is 31.2 Å². The molecule has 0 amide bonds. The van der Waals surface area contributed by atoms with Crippen molar-refractivity contribution in [1.29, 1.82) is 0 Å². The first-order valence-electron chi connectivity index (χ1n) is 11.5. The Balaban J connectivity index is 1.59. The van der Waals surface area contributed by atoms with Gasteiger partial charge in [-0.1, -0.05) is 41.9 Å². The number of carbonyl (C=O) groups is 1. The lowest BCUT2D eigenvalue weighted by atomic mass is 9.97. The maximum Gasteiger partial charge on any atom is 0.435 e. The summed E-state index contributed by atoms with van der Waals surface area (Å²) in [5.74, 6) is -1.15. The first kappa shape index (κ1) is 25.3. The molecule has 0 saturated heterocycles. The van der Waals surface area contributed by atoms with E-state index in [1.54, 1.807) is 47.4 Å². The second-order valence-electron chi connectivity index (χ2n) is 8.76. The Bertz CT molecular complexity index is 1660. The summed E-state index contributed by atoms with van der Waals surface area (Å²) in [5.41, 5.74) is 2.77. The topological polar surface area (TPSA) is 72.9 Å². The maximum atomic E-state index is 13.6. The lowest BCUT2D eigenvalue weighted by Crippen LogP contribution is -2.07. The van der Waals surface area contributed by atoms with E-state index >= 15 is 0 Å². The molecule has 2 heterocycles. The van der Waals surface area contributed by atoms with E-state index in [0.717, 1.165) is 27.6 Å². The fraction of sp³-hybridized carbons (Fsp3) is 0.107. The zero-order chi connectivity index (χ0) is 27.0. The minimum absolute atomic E-state index is 0.0388. The highest BCUT2D eigenvalue weighted by Gasteiger charge is 2.35. The number of hydrogen-bond donors (Lipinski definition) is 1. The van der Waals surface area contributed by atoms with Crippen LogP contribution in [-0.2, 0) is 12.6 Å². The van der Waals surface area contributed by atoms with Gasteiger partial charge in [0.15, 0.2) is 5.69 Å². The van der Waals surface area contributed by atoms with Gasteiger partial charge in [0.25, 0.3) is 0 Å². The van der Waals surface area contributed by atoms with Crippen molar-refractivity contribution in [3.05, 3.63) is 118 Å². The summed E-state index contributed by atoms with van der Waals surface area (Å²) >= 11 is 6.28. The summed E-state index contributed by atoms with van der Waals surface area (Å²) in [6.07, 6.45) is -1.05. The van der Waals surface area contributed by atoms with Crippen molar-refractivity contribution in [3.63, 3.8) is 0 Å². The van der Waals surface area contributed by atoms with Gasteiger partial charge in [-0.3, -0.25) is 0 Å². The van der Waals surface area contributed by atoms with Gasteiger partial charge in [-0.2, -0.15) is 23.4 Å². The third kappa shape index (κ3) is 5.05. The van der Waals surface area contributed by atoms with Crippen molar-refractivity contribution in [2.75, 3.05) is 0 Å². The fourth-order valence-electron chi connectivity index (χ4n) is 4.22. The average Bonchev–Trinajstić information content (AvgIpc) is 3.52. The standard InChI is InChI=1S/C28H20ClF3N4O2/c1-17-5-4-6-21(11-17)35-16-18(15-33-35)12-20-13-19(9-10-22(20)27(37)38)25-14-26(28(30,31)32)34-36(25)24-8-3-2-7-23(24)29/h2-11,13-16H,12H2,1H3,(H,37,38). The van der Waals surface area contributed by atoms with Crippen molar-refractivity contribution in [1.82, 2.24) is 19.6 Å². The van der Waals surface area contributed by atoms with Crippen LogP contribution < -0.4 is 0 Å². The van der Waals surface area contributed by atoms with Gasteiger partial charge in [0.05, 0.1) is 33.9 Å². The molecule has 6 nitrogen and oxygen atoms in total. The van der Waals surface area contributed by atoms with Crippen LogP contribution in [0, 0.1) is 6.92 Å². The number of alkyl halides is 3. The molecule has 0 aliphatic heterocycles. The largest absolute Gasteiger partial charge is 0.478 e. The Hall–Kier alpha value is -4.37. The van der Waals surface area contributed by atoms with Crippen LogP contribution >= 0.6 is 11.6 Å². The van der Waals surface area contributed by atoms with Crippen LogP contribution in [0.1, 0.15) is 32.7 Å². The van der Waals surface area contributed by atoms with E-state index in [2.05, 4.69) is 10.2 Å². The van der Waals surface area contributed by atoms with Gasteiger partial charge in [0, 0.05) is 18.2 Å². The summed E-state index contributed by atoms with van der Waals surface area (Å²) in [7, 11) is 0. The molecule has 0 fully saturated rings. The molecule has 0 bridgehead atoms. The second kappa shape index (κ2) is 9.83. The van der Waals surface area contributed by atoms with Crippen LogP contribution in [-0.4, -0.2) is 30.6 Å². The molecule has 1 N–H and O–H groups in total. The van der Waals surface area contributed by atoms with Crippen LogP contribution in [0.25, 0.3) is 22.6 Å².